The van der Waals surface area contributed by atoms with Crippen molar-refractivity contribution in [2.45, 2.75) is 6.18 Å². The summed E-state index contributed by atoms with van der Waals surface area (Å²) in [5.41, 5.74) is -1.34. The molecule has 0 aliphatic carbocycles. The van der Waals surface area contributed by atoms with Gasteiger partial charge >= 0.3 is 6.18 Å². The van der Waals surface area contributed by atoms with Crippen molar-refractivity contribution in [1.82, 2.24) is 10.2 Å². The Morgan fingerprint density at radius 1 is 1.38 bits per heavy atom. The van der Waals surface area contributed by atoms with Gasteiger partial charge in [0.05, 0.1) is 16.8 Å². The Labute approximate surface area is 125 Å². The number of nitrogens with one attached hydrogen (secondary N) is 1. The molecule has 0 radical (unpaired) electrons. The largest absolute Gasteiger partial charge is 0.416 e. The predicted octanol–water partition coefficient (Wildman–Crippen LogP) is 3.33. The first-order chi connectivity index (χ1) is 9.81. The number of alkyl halides is 3. The van der Waals surface area contributed by atoms with Crippen LogP contribution in [0.4, 0.5) is 18.9 Å². The van der Waals surface area contributed by atoms with Crippen molar-refractivity contribution in [2.24, 2.45) is 0 Å². The van der Waals surface area contributed by atoms with Crippen LogP contribution in [-0.2, 0) is 6.18 Å². The summed E-state index contributed by atoms with van der Waals surface area (Å²) < 4.78 is 37.7. The van der Waals surface area contributed by atoms with Gasteiger partial charge in [-0.2, -0.15) is 18.4 Å². The van der Waals surface area contributed by atoms with Gasteiger partial charge in [0.1, 0.15) is 6.07 Å². The standard InChI is InChI=1S/C11H4ClF3N4OS/c12-10-19-18-9(21-10)8(20)17-7-2-1-6(11(13,14)15)3-5(7)4-16/h1-3H,(H,17,20). The van der Waals surface area contributed by atoms with E-state index in [1.807, 2.05) is 0 Å². The van der Waals surface area contributed by atoms with Gasteiger partial charge in [0, 0.05) is 0 Å². The normalized spacial score (nSPS) is 11.0. The summed E-state index contributed by atoms with van der Waals surface area (Å²) in [7, 11) is 0. The third-order valence-corrected chi connectivity index (χ3v) is 3.33. The van der Waals surface area contributed by atoms with E-state index in [1.165, 1.54) is 0 Å². The first kappa shape index (κ1) is 15.2. The van der Waals surface area contributed by atoms with Crippen molar-refractivity contribution in [3.63, 3.8) is 0 Å². The quantitative estimate of drug-likeness (QED) is 0.914. The molecule has 0 unspecified atom stereocenters. The number of rotatable bonds is 2. The molecule has 0 fully saturated rings. The lowest BCUT2D eigenvalue weighted by Crippen LogP contribution is -2.13. The molecule has 5 nitrogen and oxygen atoms in total. The highest BCUT2D eigenvalue weighted by atomic mass is 35.5. The Hall–Kier alpha value is -2.18. The molecule has 108 valence electrons. The molecule has 1 heterocycles. The lowest BCUT2D eigenvalue weighted by atomic mass is 10.1. The van der Waals surface area contributed by atoms with E-state index in [-0.39, 0.29) is 20.7 Å². The fourth-order valence-corrected chi connectivity index (χ4v) is 2.12. The number of benzene rings is 1. The molecule has 0 aliphatic heterocycles. The Kier molecular flexibility index (Phi) is 4.11. The summed E-state index contributed by atoms with van der Waals surface area (Å²) in [6.45, 7) is 0. The number of aromatic nitrogens is 2. The molecule has 0 atom stereocenters. The van der Waals surface area contributed by atoms with Crippen LogP contribution in [-0.4, -0.2) is 16.1 Å². The molecule has 0 aliphatic rings. The maximum atomic E-state index is 12.5. The first-order valence-electron chi connectivity index (χ1n) is 5.23. The van der Waals surface area contributed by atoms with Gasteiger partial charge in [0.2, 0.25) is 9.47 Å². The van der Waals surface area contributed by atoms with Gasteiger partial charge in [0.15, 0.2) is 0 Å². The molecule has 21 heavy (non-hydrogen) atoms. The molecular weight excluding hydrogens is 329 g/mol. The van der Waals surface area contributed by atoms with E-state index in [1.54, 1.807) is 6.07 Å². The highest BCUT2D eigenvalue weighted by Gasteiger charge is 2.31. The zero-order valence-corrected chi connectivity index (χ0v) is 11.5. The van der Waals surface area contributed by atoms with E-state index in [4.69, 9.17) is 16.9 Å². The molecule has 0 spiro atoms. The minimum Gasteiger partial charge on any atom is -0.319 e. The zero-order valence-electron chi connectivity index (χ0n) is 9.90. The summed E-state index contributed by atoms with van der Waals surface area (Å²) in [5.74, 6) is -0.712. The lowest BCUT2D eigenvalue weighted by Gasteiger charge is -2.10. The monoisotopic (exact) mass is 332 g/mol. The molecule has 1 amide bonds. The van der Waals surface area contributed by atoms with Gasteiger partial charge in [-0.05, 0) is 29.8 Å². The molecule has 2 aromatic rings. The van der Waals surface area contributed by atoms with Gasteiger partial charge in [-0.3, -0.25) is 4.79 Å². The van der Waals surface area contributed by atoms with Crippen LogP contribution in [0.3, 0.4) is 0 Å². The van der Waals surface area contributed by atoms with Crippen LogP contribution in [0.2, 0.25) is 4.47 Å². The molecule has 10 heteroatoms. The zero-order chi connectivity index (χ0) is 15.6. The van der Waals surface area contributed by atoms with E-state index in [9.17, 15) is 18.0 Å². The van der Waals surface area contributed by atoms with Crippen molar-refractivity contribution in [2.75, 3.05) is 5.32 Å². The predicted molar refractivity (Wildman–Crippen MR) is 69.0 cm³/mol. The minimum absolute atomic E-state index is 0.0491. The second kappa shape index (κ2) is 5.67. The van der Waals surface area contributed by atoms with Crippen LogP contribution in [0, 0.1) is 11.3 Å². The van der Waals surface area contributed by atoms with Gasteiger partial charge < -0.3 is 5.32 Å². The molecule has 0 saturated carbocycles. The fourth-order valence-electron chi connectivity index (χ4n) is 1.39. The highest BCUT2D eigenvalue weighted by Crippen LogP contribution is 2.31. The van der Waals surface area contributed by atoms with Crippen LogP contribution in [0.1, 0.15) is 20.9 Å². The summed E-state index contributed by atoms with van der Waals surface area (Å²) in [5, 5.41) is 18.0. The molecule has 2 rings (SSSR count). The van der Waals surface area contributed by atoms with Crippen molar-refractivity contribution < 1.29 is 18.0 Å². The molecule has 1 aromatic heterocycles. The van der Waals surface area contributed by atoms with Gasteiger partial charge in [-0.15, -0.1) is 10.2 Å². The van der Waals surface area contributed by atoms with Crippen molar-refractivity contribution in [1.29, 1.82) is 5.26 Å². The van der Waals surface area contributed by atoms with Crippen LogP contribution < -0.4 is 5.32 Å². The maximum Gasteiger partial charge on any atom is 0.416 e. The topological polar surface area (TPSA) is 78.7 Å². The number of hydrogen-bond donors (Lipinski definition) is 1. The number of carbonyl (C=O) groups excluding carboxylic acids is 1. The second-order valence-corrected chi connectivity index (χ2v) is 5.24. The van der Waals surface area contributed by atoms with Crippen LogP contribution in [0.5, 0.6) is 0 Å². The van der Waals surface area contributed by atoms with E-state index < -0.39 is 17.6 Å². The van der Waals surface area contributed by atoms with Crippen molar-refractivity contribution in [3.8, 4) is 6.07 Å². The lowest BCUT2D eigenvalue weighted by molar-refractivity contribution is -0.137. The maximum absolute atomic E-state index is 12.5. The van der Waals surface area contributed by atoms with Crippen LogP contribution in [0.15, 0.2) is 18.2 Å². The molecule has 1 N–H and O–H groups in total. The third-order valence-electron chi connectivity index (χ3n) is 2.31. The number of nitrogens with zero attached hydrogens (tertiary/aromatic N) is 3. The average Bonchev–Trinajstić information content (AvgIpc) is 2.84. The molecule has 1 aromatic carbocycles. The van der Waals surface area contributed by atoms with Crippen LogP contribution in [0.25, 0.3) is 0 Å². The fraction of sp³-hybridized carbons (Fsp3) is 0.0909. The van der Waals surface area contributed by atoms with Gasteiger partial charge in [0.25, 0.3) is 5.91 Å². The number of amides is 1. The minimum atomic E-state index is -4.57. The number of halogens is 4. The van der Waals surface area contributed by atoms with Gasteiger partial charge in [-0.25, -0.2) is 0 Å². The van der Waals surface area contributed by atoms with E-state index in [0.29, 0.717) is 6.07 Å². The summed E-state index contributed by atoms with van der Waals surface area (Å²) in [6.07, 6.45) is -4.57. The summed E-state index contributed by atoms with van der Waals surface area (Å²) >= 11 is 6.33. The highest BCUT2D eigenvalue weighted by molar-refractivity contribution is 7.17. The number of anilines is 1. The molecular formula is C11H4ClF3N4OS. The van der Waals surface area contributed by atoms with E-state index in [2.05, 4.69) is 15.5 Å². The number of carbonyl (C=O) groups is 1. The Morgan fingerprint density at radius 2 is 2.10 bits per heavy atom. The SMILES string of the molecule is N#Cc1cc(C(F)(F)F)ccc1NC(=O)c1nnc(Cl)s1. The summed E-state index contributed by atoms with van der Waals surface area (Å²) in [4.78, 5) is 11.8. The summed E-state index contributed by atoms with van der Waals surface area (Å²) in [6, 6.07) is 4.02. The Balaban J connectivity index is 2.29. The third kappa shape index (κ3) is 3.48. The molecule has 0 saturated heterocycles. The Morgan fingerprint density at radius 3 is 2.62 bits per heavy atom. The Bertz CT molecular complexity index is 738. The number of hydrogen-bond acceptors (Lipinski definition) is 5. The molecule has 0 bridgehead atoms. The smallest absolute Gasteiger partial charge is 0.319 e. The van der Waals surface area contributed by atoms with E-state index >= 15 is 0 Å². The number of nitriles is 1. The second-order valence-electron chi connectivity index (χ2n) is 3.68. The van der Waals surface area contributed by atoms with Crippen molar-refractivity contribution in [3.05, 3.63) is 38.8 Å². The van der Waals surface area contributed by atoms with Gasteiger partial charge in [-0.1, -0.05) is 11.3 Å². The van der Waals surface area contributed by atoms with Crippen LogP contribution >= 0.6 is 22.9 Å². The first-order valence-corrected chi connectivity index (χ1v) is 6.42. The van der Waals surface area contributed by atoms with E-state index in [0.717, 1.165) is 23.5 Å². The van der Waals surface area contributed by atoms with Crippen molar-refractivity contribution >= 4 is 34.5 Å². The average molecular weight is 333 g/mol.